The van der Waals surface area contributed by atoms with Gasteiger partial charge in [-0.25, -0.2) is 8.42 Å². The molecule has 6 heteroatoms. The Bertz CT molecular complexity index is 115. The maximum Gasteiger partial charge on any atom is 1.00 e. The van der Waals surface area contributed by atoms with Crippen molar-refractivity contribution < 1.29 is 42.5 Å². The molecule has 0 aromatic carbocycles. The molecule has 0 amide bonds. The van der Waals surface area contributed by atoms with Crippen molar-refractivity contribution in [3.8, 4) is 0 Å². The molecule has 0 fully saturated rings. The van der Waals surface area contributed by atoms with Crippen molar-refractivity contribution >= 4 is 19.9 Å². The van der Waals surface area contributed by atoms with E-state index in [0.717, 1.165) is 0 Å². The third-order valence-corrected chi connectivity index (χ3v) is 1.84. The smallest absolute Gasteiger partial charge is 0.739 e. The summed E-state index contributed by atoms with van der Waals surface area (Å²) in [5.74, 6) is 0. The quantitative estimate of drug-likeness (QED) is 0.224. The summed E-state index contributed by atoms with van der Waals surface area (Å²) in [6.45, 7) is 0. The zero-order valence-corrected chi connectivity index (χ0v) is 7.67. The first kappa shape index (κ1) is 11.1. The molecule has 0 aromatic heterocycles. The Morgan fingerprint density at radius 2 is 1.71 bits per heavy atom. The van der Waals surface area contributed by atoms with Crippen LogP contribution >= 0.6 is 10.8 Å². The van der Waals surface area contributed by atoms with Gasteiger partial charge in [0.05, 0.1) is 0 Å². The Hall–Kier alpha value is 1.26. The van der Waals surface area contributed by atoms with Crippen LogP contribution in [-0.2, 0) is 9.15 Å². The predicted octanol–water partition coefficient (Wildman–Crippen LogP) is -3.19. The van der Waals surface area contributed by atoms with Gasteiger partial charge in [-0.15, -0.1) is 0 Å². The van der Waals surface area contributed by atoms with E-state index in [4.69, 9.17) is 0 Å². The molecular weight excluding hydrogens is 147 g/mol. The standard InChI is InChI=1S/CH4O3S2.Na/c1-5-6(2,3)4;/h1H3,(H,2,3,4);/q;+1/p-1. The number of hydrogen-bond donors (Lipinski definition) is 0. The van der Waals surface area contributed by atoms with Crippen molar-refractivity contribution in [1.82, 2.24) is 0 Å². The van der Waals surface area contributed by atoms with Crippen LogP contribution in [-0.4, -0.2) is 19.2 Å². The molecule has 0 saturated carbocycles. The zero-order valence-electron chi connectivity index (χ0n) is 4.04. The van der Waals surface area contributed by atoms with Crippen molar-refractivity contribution in [1.29, 1.82) is 0 Å². The molecule has 0 aliphatic carbocycles. The Balaban J connectivity index is 0. The summed E-state index contributed by atoms with van der Waals surface area (Å²) in [7, 11) is -3.70. The van der Waals surface area contributed by atoms with E-state index in [1.165, 1.54) is 6.26 Å². The summed E-state index contributed by atoms with van der Waals surface area (Å²) in [5, 5.41) is 0. The van der Waals surface area contributed by atoms with Gasteiger partial charge in [-0.3, -0.25) is 0 Å². The largest absolute Gasteiger partial charge is 1.00 e. The van der Waals surface area contributed by atoms with E-state index in [-0.39, 0.29) is 29.6 Å². The van der Waals surface area contributed by atoms with Crippen molar-refractivity contribution in [2.24, 2.45) is 0 Å². The summed E-state index contributed by atoms with van der Waals surface area (Å²) in [5.41, 5.74) is 0. The predicted molar refractivity (Wildman–Crippen MR) is 23.2 cm³/mol. The number of rotatable bonds is 1. The minimum Gasteiger partial charge on any atom is -0.739 e. The van der Waals surface area contributed by atoms with Crippen LogP contribution in [0.3, 0.4) is 0 Å². The summed E-state index contributed by atoms with van der Waals surface area (Å²) in [6.07, 6.45) is 1.22. The van der Waals surface area contributed by atoms with Crippen LogP contribution in [0.25, 0.3) is 0 Å². The van der Waals surface area contributed by atoms with Crippen molar-refractivity contribution in [3.63, 3.8) is 0 Å². The van der Waals surface area contributed by atoms with Gasteiger partial charge < -0.3 is 4.55 Å². The van der Waals surface area contributed by atoms with Gasteiger partial charge in [0.15, 0.2) is 0 Å². The van der Waals surface area contributed by atoms with Gasteiger partial charge in [-0.2, -0.15) is 0 Å². The van der Waals surface area contributed by atoms with E-state index >= 15 is 0 Å². The molecule has 0 heterocycles. The first-order valence-corrected chi connectivity index (χ1v) is 4.22. The third kappa shape index (κ3) is 11.1. The van der Waals surface area contributed by atoms with Crippen LogP contribution in [0.5, 0.6) is 0 Å². The van der Waals surface area contributed by atoms with Gasteiger partial charge in [0.2, 0.25) is 0 Å². The molecule has 7 heavy (non-hydrogen) atoms. The average molecular weight is 150 g/mol. The van der Waals surface area contributed by atoms with Gasteiger partial charge in [0, 0.05) is 0 Å². The van der Waals surface area contributed by atoms with E-state index in [2.05, 4.69) is 0 Å². The van der Waals surface area contributed by atoms with Gasteiger partial charge in [-0.05, 0) is 17.0 Å². The molecule has 3 nitrogen and oxygen atoms in total. The molecule has 0 rings (SSSR count). The molecule has 0 atom stereocenters. The fourth-order valence-corrected chi connectivity index (χ4v) is 0. The second-order valence-electron chi connectivity index (χ2n) is 0.575. The van der Waals surface area contributed by atoms with E-state index in [0.29, 0.717) is 10.8 Å². The summed E-state index contributed by atoms with van der Waals surface area (Å²) < 4.78 is 28.2. The Morgan fingerprint density at radius 1 is 1.57 bits per heavy atom. The second kappa shape index (κ2) is 4.17. The fourth-order valence-electron chi connectivity index (χ4n) is 0. The van der Waals surface area contributed by atoms with Gasteiger partial charge >= 0.3 is 29.6 Å². The van der Waals surface area contributed by atoms with E-state index in [9.17, 15) is 13.0 Å². The Kier molecular flexibility index (Phi) is 6.62. The Morgan fingerprint density at radius 3 is 1.71 bits per heavy atom. The molecular formula is CH3NaO3S2. The average Bonchev–Trinajstić information content (AvgIpc) is 1.35. The summed E-state index contributed by atoms with van der Waals surface area (Å²) >= 11 is 0. The molecule has 0 aromatic rings. The first-order chi connectivity index (χ1) is 2.56. The molecule has 0 bridgehead atoms. The minimum absolute atomic E-state index is 0. The molecule has 0 N–H and O–H groups in total. The van der Waals surface area contributed by atoms with Crippen LogP contribution in [0.15, 0.2) is 0 Å². The summed E-state index contributed by atoms with van der Waals surface area (Å²) in [4.78, 5) is 0. The first-order valence-electron chi connectivity index (χ1n) is 1.07. The monoisotopic (exact) mass is 150 g/mol. The molecule has 0 aliphatic rings. The maximum absolute atomic E-state index is 9.41. The van der Waals surface area contributed by atoms with Crippen molar-refractivity contribution in [2.75, 3.05) is 6.26 Å². The van der Waals surface area contributed by atoms with Crippen molar-refractivity contribution in [2.45, 2.75) is 0 Å². The molecule has 0 unspecified atom stereocenters. The van der Waals surface area contributed by atoms with E-state index in [1.54, 1.807) is 0 Å². The van der Waals surface area contributed by atoms with Gasteiger partial charge in [0.25, 0.3) is 0 Å². The molecule has 0 spiro atoms. The Labute approximate surface area is 68.3 Å². The topological polar surface area (TPSA) is 57.2 Å². The summed E-state index contributed by atoms with van der Waals surface area (Å²) in [6, 6.07) is 0. The van der Waals surface area contributed by atoms with E-state index in [1.807, 2.05) is 0 Å². The van der Waals surface area contributed by atoms with Crippen molar-refractivity contribution in [3.05, 3.63) is 0 Å². The SMILES string of the molecule is CSS(=O)(=O)[O-].[Na+]. The minimum atomic E-state index is -4.00. The van der Waals surface area contributed by atoms with Crippen LogP contribution in [0, 0.1) is 0 Å². The van der Waals surface area contributed by atoms with Crippen LogP contribution in [0.4, 0.5) is 0 Å². The van der Waals surface area contributed by atoms with E-state index < -0.39 is 9.15 Å². The molecule has 38 valence electrons. The third-order valence-electron chi connectivity index (χ3n) is 0.204. The van der Waals surface area contributed by atoms with Gasteiger partial charge in [-0.1, -0.05) is 0 Å². The normalized spacial score (nSPS) is 10.0. The maximum atomic E-state index is 9.41. The number of hydrogen-bond acceptors (Lipinski definition) is 4. The molecule has 0 radical (unpaired) electrons. The molecule has 0 saturated heterocycles. The zero-order chi connectivity index (χ0) is 5.21. The fraction of sp³-hybridized carbons (Fsp3) is 1.00. The van der Waals surface area contributed by atoms with Gasteiger partial charge in [0.1, 0.15) is 9.15 Å². The van der Waals surface area contributed by atoms with Crippen LogP contribution in [0.2, 0.25) is 0 Å². The van der Waals surface area contributed by atoms with Crippen LogP contribution < -0.4 is 29.6 Å². The van der Waals surface area contributed by atoms with Crippen LogP contribution in [0.1, 0.15) is 0 Å². The second-order valence-corrected chi connectivity index (χ2v) is 3.95. The molecule has 0 aliphatic heterocycles.